The standard InChI is InChI=1S/C15H22N2O/c1-15(8-3-2-4-9-15)17-14(18)11-12-6-5-7-13(16)10-12/h5-7,10H,2-4,8-9,11,16H2,1H3,(H,17,18). The third-order valence-electron chi connectivity index (χ3n) is 3.71. The second kappa shape index (κ2) is 5.42. The first kappa shape index (κ1) is 12.9. The van der Waals surface area contributed by atoms with Crippen LogP contribution in [0.15, 0.2) is 24.3 Å². The van der Waals surface area contributed by atoms with Gasteiger partial charge in [0.25, 0.3) is 0 Å². The van der Waals surface area contributed by atoms with Crippen LogP contribution >= 0.6 is 0 Å². The molecule has 3 nitrogen and oxygen atoms in total. The Bertz CT molecular complexity index is 422. The summed E-state index contributed by atoms with van der Waals surface area (Å²) in [6.07, 6.45) is 6.33. The molecule has 3 N–H and O–H groups in total. The van der Waals surface area contributed by atoms with Gasteiger partial charge in [-0.2, -0.15) is 0 Å². The van der Waals surface area contributed by atoms with Gasteiger partial charge in [0.15, 0.2) is 0 Å². The zero-order valence-corrected chi connectivity index (χ0v) is 11.0. The molecule has 18 heavy (non-hydrogen) atoms. The van der Waals surface area contributed by atoms with Crippen molar-refractivity contribution in [3.05, 3.63) is 29.8 Å². The van der Waals surface area contributed by atoms with E-state index < -0.39 is 0 Å². The van der Waals surface area contributed by atoms with Gasteiger partial charge in [-0.25, -0.2) is 0 Å². The van der Waals surface area contributed by atoms with E-state index in [1.165, 1.54) is 19.3 Å². The highest BCUT2D eigenvalue weighted by Gasteiger charge is 2.28. The Kier molecular flexibility index (Phi) is 3.90. The van der Waals surface area contributed by atoms with Crippen LogP contribution in [0.25, 0.3) is 0 Å². The molecule has 2 rings (SSSR count). The van der Waals surface area contributed by atoms with Gasteiger partial charge in [-0.1, -0.05) is 31.4 Å². The predicted molar refractivity (Wildman–Crippen MR) is 74.2 cm³/mol. The van der Waals surface area contributed by atoms with Crippen LogP contribution in [0.5, 0.6) is 0 Å². The number of anilines is 1. The monoisotopic (exact) mass is 246 g/mol. The number of rotatable bonds is 3. The number of hydrogen-bond donors (Lipinski definition) is 2. The highest BCUT2D eigenvalue weighted by Crippen LogP contribution is 2.27. The SMILES string of the molecule is CC1(NC(=O)Cc2cccc(N)c2)CCCCC1. The fourth-order valence-corrected chi connectivity index (χ4v) is 2.73. The van der Waals surface area contributed by atoms with Crippen LogP contribution in [0, 0.1) is 0 Å². The highest BCUT2D eigenvalue weighted by molar-refractivity contribution is 5.79. The molecule has 0 saturated heterocycles. The largest absolute Gasteiger partial charge is 0.399 e. The summed E-state index contributed by atoms with van der Waals surface area (Å²) >= 11 is 0. The third-order valence-corrected chi connectivity index (χ3v) is 3.71. The maximum atomic E-state index is 12.0. The van der Waals surface area contributed by atoms with E-state index in [-0.39, 0.29) is 11.4 Å². The van der Waals surface area contributed by atoms with Crippen LogP contribution in [0.4, 0.5) is 5.69 Å². The summed E-state index contributed by atoms with van der Waals surface area (Å²) in [7, 11) is 0. The van der Waals surface area contributed by atoms with Crippen molar-refractivity contribution in [1.82, 2.24) is 5.32 Å². The Balaban J connectivity index is 1.92. The van der Waals surface area contributed by atoms with E-state index >= 15 is 0 Å². The fraction of sp³-hybridized carbons (Fsp3) is 0.533. The normalized spacial score (nSPS) is 18.3. The van der Waals surface area contributed by atoms with Crippen LogP contribution in [0.2, 0.25) is 0 Å². The topological polar surface area (TPSA) is 55.1 Å². The molecule has 0 radical (unpaired) electrons. The fourth-order valence-electron chi connectivity index (χ4n) is 2.73. The summed E-state index contributed by atoms with van der Waals surface area (Å²) in [6.45, 7) is 2.16. The van der Waals surface area contributed by atoms with Gasteiger partial charge >= 0.3 is 0 Å². The molecule has 0 aromatic heterocycles. The van der Waals surface area contributed by atoms with Crippen molar-refractivity contribution in [1.29, 1.82) is 0 Å². The number of carbonyl (C=O) groups excluding carboxylic acids is 1. The van der Waals surface area contributed by atoms with Crippen molar-refractivity contribution in [3.8, 4) is 0 Å². The molecule has 0 atom stereocenters. The minimum atomic E-state index is -0.00431. The summed E-state index contributed by atoms with van der Waals surface area (Å²) < 4.78 is 0. The van der Waals surface area contributed by atoms with Crippen molar-refractivity contribution >= 4 is 11.6 Å². The summed E-state index contributed by atoms with van der Waals surface area (Å²) in [4.78, 5) is 12.0. The summed E-state index contributed by atoms with van der Waals surface area (Å²) in [5.74, 6) is 0.102. The van der Waals surface area contributed by atoms with Crippen LogP contribution in [-0.4, -0.2) is 11.4 Å². The van der Waals surface area contributed by atoms with Crippen molar-refractivity contribution in [2.24, 2.45) is 0 Å². The Morgan fingerprint density at radius 2 is 2.06 bits per heavy atom. The number of hydrogen-bond acceptors (Lipinski definition) is 2. The Morgan fingerprint density at radius 1 is 1.33 bits per heavy atom. The van der Waals surface area contributed by atoms with Gasteiger partial charge in [-0.05, 0) is 37.5 Å². The Morgan fingerprint density at radius 3 is 2.72 bits per heavy atom. The molecule has 0 heterocycles. The van der Waals surface area contributed by atoms with Gasteiger partial charge in [-0.3, -0.25) is 4.79 Å². The minimum Gasteiger partial charge on any atom is -0.399 e. The lowest BCUT2D eigenvalue weighted by Crippen LogP contribution is -2.47. The lowest BCUT2D eigenvalue weighted by atomic mass is 9.83. The quantitative estimate of drug-likeness (QED) is 0.806. The smallest absolute Gasteiger partial charge is 0.224 e. The molecule has 0 unspecified atom stereocenters. The second-order valence-electron chi connectivity index (χ2n) is 5.59. The van der Waals surface area contributed by atoms with Gasteiger partial charge in [0.05, 0.1) is 6.42 Å². The molecule has 0 spiro atoms. The zero-order valence-electron chi connectivity index (χ0n) is 11.0. The average Bonchev–Trinajstić information content (AvgIpc) is 2.28. The molecule has 0 aliphatic heterocycles. The lowest BCUT2D eigenvalue weighted by molar-refractivity contribution is -0.122. The molecule has 3 heteroatoms. The molecule has 1 aromatic carbocycles. The summed E-state index contributed by atoms with van der Waals surface area (Å²) in [5.41, 5.74) is 7.40. The number of benzene rings is 1. The number of nitrogens with two attached hydrogens (primary N) is 1. The first-order valence-corrected chi connectivity index (χ1v) is 6.73. The van der Waals surface area contributed by atoms with Crippen LogP contribution in [0.3, 0.4) is 0 Å². The maximum Gasteiger partial charge on any atom is 0.224 e. The number of nitrogens with one attached hydrogen (secondary N) is 1. The van der Waals surface area contributed by atoms with E-state index in [0.717, 1.165) is 18.4 Å². The van der Waals surface area contributed by atoms with Gasteiger partial charge in [0, 0.05) is 11.2 Å². The van der Waals surface area contributed by atoms with Gasteiger partial charge in [0.1, 0.15) is 0 Å². The molecule has 0 bridgehead atoms. The van der Waals surface area contributed by atoms with E-state index in [1.54, 1.807) is 0 Å². The summed E-state index contributed by atoms with van der Waals surface area (Å²) in [6, 6.07) is 7.53. The minimum absolute atomic E-state index is 0.00431. The Labute approximate surface area is 109 Å². The lowest BCUT2D eigenvalue weighted by Gasteiger charge is -2.34. The van der Waals surface area contributed by atoms with Crippen LogP contribution < -0.4 is 11.1 Å². The third kappa shape index (κ3) is 3.49. The molecular formula is C15H22N2O. The summed E-state index contributed by atoms with van der Waals surface area (Å²) in [5, 5.41) is 3.18. The molecule has 1 aliphatic carbocycles. The van der Waals surface area contributed by atoms with Crippen molar-refractivity contribution in [3.63, 3.8) is 0 Å². The highest BCUT2D eigenvalue weighted by atomic mass is 16.1. The van der Waals surface area contributed by atoms with Crippen molar-refractivity contribution in [2.45, 2.75) is 51.0 Å². The van der Waals surface area contributed by atoms with Gasteiger partial charge < -0.3 is 11.1 Å². The van der Waals surface area contributed by atoms with Crippen LogP contribution in [-0.2, 0) is 11.2 Å². The molecule has 1 fully saturated rings. The molecular weight excluding hydrogens is 224 g/mol. The number of carbonyl (C=O) groups is 1. The van der Waals surface area contributed by atoms with E-state index in [9.17, 15) is 4.79 Å². The first-order valence-electron chi connectivity index (χ1n) is 6.73. The van der Waals surface area contributed by atoms with Gasteiger partial charge in [-0.15, -0.1) is 0 Å². The molecule has 1 saturated carbocycles. The first-order chi connectivity index (χ1) is 8.57. The van der Waals surface area contributed by atoms with Crippen molar-refractivity contribution < 1.29 is 4.79 Å². The Hall–Kier alpha value is -1.51. The molecule has 1 aliphatic rings. The maximum absolute atomic E-state index is 12.0. The van der Waals surface area contributed by atoms with E-state index in [4.69, 9.17) is 5.73 Å². The van der Waals surface area contributed by atoms with Gasteiger partial charge in [0.2, 0.25) is 5.91 Å². The van der Waals surface area contributed by atoms with Crippen molar-refractivity contribution in [2.75, 3.05) is 5.73 Å². The number of nitrogen functional groups attached to an aromatic ring is 1. The average molecular weight is 246 g/mol. The van der Waals surface area contributed by atoms with E-state index in [1.807, 2.05) is 24.3 Å². The van der Waals surface area contributed by atoms with Crippen LogP contribution in [0.1, 0.15) is 44.6 Å². The predicted octanol–water partition coefficient (Wildman–Crippen LogP) is 2.65. The molecule has 1 aromatic rings. The van der Waals surface area contributed by atoms with E-state index in [2.05, 4.69) is 12.2 Å². The number of amides is 1. The van der Waals surface area contributed by atoms with E-state index in [0.29, 0.717) is 12.1 Å². The molecule has 98 valence electrons. The second-order valence-corrected chi connectivity index (χ2v) is 5.59. The molecule has 1 amide bonds. The zero-order chi connectivity index (χ0) is 13.0.